The van der Waals surface area contributed by atoms with Crippen LogP contribution in [0.5, 0.6) is 0 Å². The van der Waals surface area contributed by atoms with Gasteiger partial charge in [-0.2, -0.15) is 0 Å². The SMILES string of the molecule is CCCCC(CCC)OP(O)(=S)SC(CCC)CCCC. The van der Waals surface area contributed by atoms with Crippen molar-refractivity contribution in [2.75, 3.05) is 0 Å². The van der Waals surface area contributed by atoms with Gasteiger partial charge in [-0.15, -0.1) is 0 Å². The van der Waals surface area contributed by atoms with Crippen molar-refractivity contribution in [3.05, 3.63) is 0 Å². The van der Waals surface area contributed by atoms with E-state index in [-0.39, 0.29) is 6.10 Å². The maximum Gasteiger partial charge on any atom is 0.245 e. The number of unbranched alkanes of at least 4 members (excludes halogenated alkanes) is 2. The Hall–Kier alpha value is 0.920. The van der Waals surface area contributed by atoms with Gasteiger partial charge in [-0.3, -0.25) is 0 Å². The van der Waals surface area contributed by atoms with Gasteiger partial charge in [0.15, 0.2) is 0 Å². The van der Waals surface area contributed by atoms with Gasteiger partial charge in [0.2, 0.25) is 5.69 Å². The Balaban J connectivity index is 4.47. The maximum absolute atomic E-state index is 10.6. The van der Waals surface area contributed by atoms with E-state index < -0.39 is 5.69 Å². The second kappa shape index (κ2) is 13.4. The summed E-state index contributed by atoms with van der Waals surface area (Å²) in [4.78, 5) is 10.6. The fourth-order valence-electron chi connectivity index (χ4n) is 2.41. The van der Waals surface area contributed by atoms with E-state index in [0.717, 1.165) is 44.9 Å². The van der Waals surface area contributed by atoms with Crippen LogP contribution in [0.2, 0.25) is 0 Å². The highest BCUT2D eigenvalue weighted by Gasteiger charge is 2.25. The molecule has 0 saturated heterocycles. The van der Waals surface area contributed by atoms with Gasteiger partial charge in [-0.25, -0.2) is 0 Å². The Bertz CT molecular complexity index is 263. The van der Waals surface area contributed by atoms with Gasteiger partial charge in [0.05, 0.1) is 6.10 Å². The van der Waals surface area contributed by atoms with Crippen molar-refractivity contribution in [3.8, 4) is 0 Å². The molecule has 0 aliphatic rings. The third-order valence-electron chi connectivity index (χ3n) is 3.55. The topological polar surface area (TPSA) is 29.5 Å². The minimum atomic E-state index is -2.69. The fourth-order valence-corrected chi connectivity index (χ4v) is 7.77. The minimum absolute atomic E-state index is 0.145. The molecule has 0 radical (unpaired) electrons. The van der Waals surface area contributed by atoms with Crippen molar-refractivity contribution in [1.29, 1.82) is 0 Å². The van der Waals surface area contributed by atoms with Crippen LogP contribution in [0.15, 0.2) is 0 Å². The average molecular weight is 355 g/mol. The normalized spacial score (nSPS) is 17.4. The van der Waals surface area contributed by atoms with Crippen LogP contribution in [0.25, 0.3) is 0 Å². The Kier molecular flexibility index (Phi) is 14.0. The quantitative estimate of drug-likeness (QED) is 0.353. The standard InChI is InChI=1S/C16H35O2PS2/c1-5-9-13-15(11-7-3)18-19(17,20)21-16(12-8-4)14-10-6-2/h15-16H,5-14H2,1-4H3,(H,17,20). The van der Waals surface area contributed by atoms with Gasteiger partial charge >= 0.3 is 0 Å². The van der Waals surface area contributed by atoms with Crippen LogP contribution in [0.1, 0.15) is 91.9 Å². The summed E-state index contributed by atoms with van der Waals surface area (Å²) in [6, 6.07) is 0. The molecule has 0 heterocycles. The van der Waals surface area contributed by atoms with Crippen molar-refractivity contribution in [2.24, 2.45) is 0 Å². The molecule has 1 N–H and O–H groups in total. The number of rotatable bonds is 14. The van der Waals surface area contributed by atoms with Crippen molar-refractivity contribution in [1.82, 2.24) is 0 Å². The lowest BCUT2D eigenvalue weighted by Crippen LogP contribution is -2.11. The van der Waals surface area contributed by atoms with E-state index in [0.29, 0.717) is 5.25 Å². The molecule has 0 aromatic heterocycles. The van der Waals surface area contributed by atoms with Gasteiger partial charge in [0, 0.05) is 5.25 Å². The third kappa shape index (κ3) is 12.1. The van der Waals surface area contributed by atoms with Gasteiger partial charge in [0.1, 0.15) is 0 Å². The summed E-state index contributed by atoms with van der Waals surface area (Å²) in [7, 11) is 0. The predicted octanol–water partition coefficient (Wildman–Crippen LogP) is 6.67. The molecule has 0 aromatic carbocycles. The van der Waals surface area contributed by atoms with Gasteiger partial charge in [0.25, 0.3) is 0 Å². The average Bonchev–Trinajstić information content (AvgIpc) is 2.42. The highest BCUT2D eigenvalue weighted by Crippen LogP contribution is 2.60. The van der Waals surface area contributed by atoms with E-state index in [1.807, 2.05) is 0 Å². The summed E-state index contributed by atoms with van der Waals surface area (Å²) in [5, 5.41) is 0.458. The first-order chi connectivity index (χ1) is 9.99. The van der Waals surface area contributed by atoms with Crippen LogP contribution in [0, 0.1) is 0 Å². The first-order valence-corrected chi connectivity index (χ1v) is 12.8. The smallest absolute Gasteiger partial charge is 0.245 e. The largest absolute Gasteiger partial charge is 0.337 e. The molecular weight excluding hydrogens is 319 g/mol. The van der Waals surface area contributed by atoms with Gasteiger partial charge < -0.3 is 9.42 Å². The fraction of sp³-hybridized carbons (Fsp3) is 1.00. The van der Waals surface area contributed by atoms with Crippen molar-refractivity contribution >= 4 is 28.9 Å². The van der Waals surface area contributed by atoms with Crippen LogP contribution in [0.4, 0.5) is 0 Å². The Labute approximate surface area is 141 Å². The van der Waals surface area contributed by atoms with Crippen molar-refractivity contribution < 1.29 is 9.42 Å². The Morgan fingerprint density at radius 1 is 0.905 bits per heavy atom. The molecule has 0 amide bonds. The van der Waals surface area contributed by atoms with Crippen LogP contribution < -0.4 is 0 Å². The maximum atomic E-state index is 10.6. The zero-order chi connectivity index (χ0) is 16.1. The molecule has 2 nitrogen and oxygen atoms in total. The summed E-state index contributed by atoms with van der Waals surface area (Å²) in [5.74, 6) is 0. The van der Waals surface area contributed by atoms with Crippen LogP contribution in [-0.2, 0) is 16.3 Å². The molecule has 3 unspecified atom stereocenters. The lowest BCUT2D eigenvalue weighted by molar-refractivity contribution is 0.183. The highest BCUT2D eigenvalue weighted by molar-refractivity contribution is 8.67. The lowest BCUT2D eigenvalue weighted by Gasteiger charge is -2.26. The number of hydrogen-bond donors (Lipinski definition) is 1. The minimum Gasteiger partial charge on any atom is -0.337 e. The lowest BCUT2D eigenvalue weighted by atomic mass is 10.1. The van der Waals surface area contributed by atoms with E-state index in [1.54, 1.807) is 11.4 Å². The second-order valence-electron chi connectivity index (χ2n) is 5.79. The zero-order valence-electron chi connectivity index (χ0n) is 14.3. The Morgan fingerprint density at radius 3 is 2.00 bits per heavy atom. The van der Waals surface area contributed by atoms with E-state index in [2.05, 4.69) is 27.7 Å². The van der Waals surface area contributed by atoms with E-state index in [4.69, 9.17) is 16.3 Å². The molecule has 0 rings (SSSR count). The molecule has 0 fully saturated rings. The van der Waals surface area contributed by atoms with Crippen LogP contribution in [0.3, 0.4) is 0 Å². The molecule has 0 aliphatic carbocycles. The molecule has 128 valence electrons. The molecule has 3 atom stereocenters. The molecule has 5 heteroatoms. The molecule has 21 heavy (non-hydrogen) atoms. The molecule has 0 saturated carbocycles. The third-order valence-corrected chi connectivity index (χ3v) is 8.13. The summed E-state index contributed by atoms with van der Waals surface area (Å²) >= 11 is 6.99. The highest BCUT2D eigenvalue weighted by atomic mass is 32.9. The zero-order valence-corrected chi connectivity index (χ0v) is 16.9. The summed E-state index contributed by atoms with van der Waals surface area (Å²) < 4.78 is 5.98. The summed E-state index contributed by atoms with van der Waals surface area (Å²) in [6.07, 6.45) is 11.4. The van der Waals surface area contributed by atoms with Gasteiger partial charge in [-0.05, 0) is 37.5 Å². The molecular formula is C16H35O2PS2. The Morgan fingerprint density at radius 2 is 1.48 bits per heavy atom. The summed E-state index contributed by atoms with van der Waals surface area (Å²) in [6.45, 7) is 8.76. The molecule has 0 spiro atoms. The second-order valence-corrected chi connectivity index (χ2v) is 12.1. The van der Waals surface area contributed by atoms with Crippen molar-refractivity contribution in [2.45, 2.75) is 103 Å². The van der Waals surface area contributed by atoms with E-state index in [9.17, 15) is 4.89 Å². The summed E-state index contributed by atoms with van der Waals surface area (Å²) in [5.41, 5.74) is -2.69. The van der Waals surface area contributed by atoms with Crippen molar-refractivity contribution in [3.63, 3.8) is 0 Å². The van der Waals surface area contributed by atoms with E-state index >= 15 is 0 Å². The predicted molar refractivity (Wildman–Crippen MR) is 102 cm³/mol. The van der Waals surface area contributed by atoms with Gasteiger partial charge in [-0.1, -0.05) is 77.6 Å². The monoisotopic (exact) mass is 354 g/mol. The van der Waals surface area contributed by atoms with Crippen LogP contribution in [-0.4, -0.2) is 16.2 Å². The number of hydrogen-bond acceptors (Lipinski definition) is 3. The first-order valence-electron chi connectivity index (χ1n) is 8.68. The van der Waals surface area contributed by atoms with Crippen LogP contribution >= 0.6 is 17.1 Å². The molecule has 0 bridgehead atoms. The molecule has 0 aliphatic heterocycles. The van der Waals surface area contributed by atoms with E-state index in [1.165, 1.54) is 19.3 Å². The first kappa shape index (κ1) is 21.9. The molecule has 0 aromatic rings.